The van der Waals surface area contributed by atoms with Gasteiger partial charge in [0.2, 0.25) is 0 Å². The summed E-state index contributed by atoms with van der Waals surface area (Å²) in [4.78, 5) is 24.7. The largest absolute Gasteiger partial charge is 0.336 e. The Bertz CT molecular complexity index is 550. The fourth-order valence-corrected chi connectivity index (χ4v) is 2.75. The lowest BCUT2D eigenvalue weighted by Crippen LogP contribution is -2.46. The Kier molecular flexibility index (Phi) is 3.21. The highest BCUT2D eigenvalue weighted by Gasteiger charge is 2.33. The molecular weight excluding hydrogens is 260 g/mol. The van der Waals surface area contributed by atoms with E-state index in [1.165, 1.54) is 12.3 Å². The van der Waals surface area contributed by atoms with Gasteiger partial charge in [0, 0.05) is 31.2 Å². The van der Waals surface area contributed by atoms with Gasteiger partial charge in [-0.15, -0.1) is 0 Å². The van der Waals surface area contributed by atoms with Crippen molar-refractivity contribution >= 4 is 11.6 Å². The Labute approximate surface area is 116 Å². The Morgan fingerprint density at radius 2 is 2.15 bits per heavy atom. The number of nitrogens with zero attached hydrogens (tertiary/aromatic N) is 3. The first kappa shape index (κ1) is 13.1. The molecule has 2 fully saturated rings. The molecule has 1 amide bonds. The molecule has 1 saturated heterocycles. The predicted molar refractivity (Wildman–Crippen MR) is 72.5 cm³/mol. The van der Waals surface area contributed by atoms with E-state index < -0.39 is 4.92 Å². The van der Waals surface area contributed by atoms with Gasteiger partial charge >= 0.3 is 0 Å². The summed E-state index contributed by atoms with van der Waals surface area (Å²) in [5, 5.41) is 10.9. The first-order chi connectivity index (χ1) is 9.56. The number of hydrogen-bond acceptors (Lipinski definition) is 4. The minimum atomic E-state index is -0.447. The van der Waals surface area contributed by atoms with Crippen molar-refractivity contribution in [2.24, 2.45) is 5.73 Å². The molecule has 2 aliphatic rings. The molecule has 108 valence electrons. The number of likely N-dealkylation sites (tertiary alicyclic amines) is 1. The number of carbonyl (C=O) groups excluding carboxylic acids is 1. The van der Waals surface area contributed by atoms with Crippen molar-refractivity contribution in [3.63, 3.8) is 0 Å². The van der Waals surface area contributed by atoms with E-state index in [-0.39, 0.29) is 23.7 Å². The summed E-state index contributed by atoms with van der Waals surface area (Å²) in [5.74, 6) is -0.139. The molecule has 0 radical (unpaired) electrons. The molecule has 1 unspecified atom stereocenters. The van der Waals surface area contributed by atoms with E-state index in [0.29, 0.717) is 18.8 Å². The molecule has 1 saturated carbocycles. The van der Waals surface area contributed by atoms with Crippen LogP contribution in [0.25, 0.3) is 0 Å². The van der Waals surface area contributed by atoms with Gasteiger partial charge in [0.1, 0.15) is 5.69 Å². The summed E-state index contributed by atoms with van der Waals surface area (Å²) in [6.45, 7) is 1.21. The van der Waals surface area contributed by atoms with Crippen molar-refractivity contribution in [2.75, 3.05) is 13.1 Å². The lowest BCUT2D eigenvalue weighted by Gasteiger charge is -2.30. The van der Waals surface area contributed by atoms with Gasteiger partial charge in [0.05, 0.1) is 11.1 Å². The molecule has 7 heteroatoms. The molecule has 1 atom stereocenters. The van der Waals surface area contributed by atoms with Crippen molar-refractivity contribution in [3.05, 3.63) is 28.1 Å². The minimum Gasteiger partial charge on any atom is -0.336 e. The summed E-state index contributed by atoms with van der Waals surface area (Å²) in [6.07, 6.45) is 5.25. The SMILES string of the molecule is NC1CCCN(C(=O)c2cc([N+](=O)[O-])cn2C2CC2)C1. The third-order valence-corrected chi connectivity index (χ3v) is 3.95. The third kappa shape index (κ3) is 2.40. The van der Waals surface area contributed by atoms with Gasteiger partial charge in [0.25, 0.3) is 11.6 Å². The third-order valence-electron chi connectivity index (χ3n) is 3.95. The van der Waals surface area contributed by atoms with Crippen LogP contribution in [0.2, 0.25) is 0 Å². The van der Waals surface area contributed by atoms with Crippen LogP contribution >= 0.6 is 0 Å². The Morgan fingerprint density at radius 3 is 2.75 bits per heavy atom. The minimum absolute atomic E-state index is 0.00650. The maximum Gasteiger partial charge on any atom is 0.287 e. The first-order valence-electron chi connectivity index (χ1n) is 6.97. The molecule has 1 aromatic heterocycles. The lowest BCUT2D eigenvalue weighted by atomic mass is 10.1. The average Bonchev–Trinajstić information content (AvgIpc) is 3.16. The molecule has 0 spiro atoms. The predicted octanol–water partition coefficient (Wildman–Crippen LogP) is 1.29. The monoisotopic (exact) mass is 278 g/mol. The van der Waals surface area contributed by atoms with Crippen molar-refractivity contribution in [1.29, 1.82) is 0 Å². The molecule has 1 aromatic rings. The zero-order chi connectivity index (χ0) is 14.3. The maximum absolute atomic E-state index is 12.6. The molecule has 1 aliphatic heterocycles. The quantitative estimate of drug-likeness (QED) is 0.666. The van der Waals surface area contributed by atoms with Crippen LogP contribution in [0.3, 0.4) is 0 Å². The summed E-state index contributed by atoms with van der Waals surface area (Å²) in [7, 11) is 0. The standard InChI is InChI=1S/C13H18N4O3/c14-9-2-1-5-15(7-9)13(18)12-6-11(17(19)20)8-16(12)10-3-4-10/h6,8-10H,1-5,7,14H2. The van der Waals surface area contributed by atoms with Gasteiger partial charge < -0.3 is 15.2 Å². The maximum atomic E-state index is 12.6. The number of amides is 1. The van der Waals surface area contributed by atoms with E-state index >= 15 is 0 Å². The Morgan fingerprint density at radius 1 is 1.40 bits per heavy atom. The summed E-state index contributed by atoms with van der Waals surface area (Å²) in [6, 6.07) is 1.63. The van der Waals surface area contributed by atoms with E-state index in [2.05, 4.69) is 0 Å². The zero-order valence-electron chi connectivity index (χ0n) is 11.2. The highest BCUT2D eigenvalue weighted by atomic mass is 16.6. The smallest absolute Gasteiger partial charge is 0.287 e. The van der Waals surface area contributed by atoms with E-state index in [9.17, 15) is 14.9 Å². The van der Waals surface area contributed by atoms with E-state index in [1.54, 1.807) is 9.47 Å². The van der Waals surface area contributed by atoms with Crippen molar-refractivity contribution < 1.29 is 9.72 Å². The van der Waals surface area contributed by atoms with Crippen LogP contribution < -0.4 is 5.73 Å². The number of carbonyl (C=O) groups is 1. The number of piperidine rings is 1. The second-order valence-electron chi connectivity index (χ2n) is 5.63. The molecule has 2 N–H and O–H groups in total. The fourth-order valence-electron chi connectivity index (χ4n) is 2.75. The zero-order valence-corrected chi connectivity index (χ0v) is 11.2. The second-order valence-corrected chi connectivity index (χ2v) is 5.63. The van der Waals surface area contributed by atoms with E-state index in [0.717, 1.165) is 25.7 Å². The van der Waals surface area contributed by atoms with Gasteiger partial charge in [-0.3, -0.25) is 14.9 Å². The highest BCUT2D eigenvalue weighted by Crippen LogP contribution is 2.38. The molecule has 20 heavy (non-hydrogen) atoms. The number of hydrogen-bond donors (Lipinski definition) is 1. The van der Waals surface area contributed by atoms with Gasteiger partial charge in [-0.25, -0.2) is 0 Å². The molecule has 2 heterocycles. The number of aromatic nitrogens is 1. The van der Waals surface area contributed by atoms with Gasteiger partial charge in [0.15, 0.2) is 0 Å². The van der Waals surface area contributed by atoms with Crippen LogP contribution in [0.1, 0.15) is 42.2 Å². The van der Waals surface area contributed by atoms with E-state index in [1.807, 2.05) is 0 Å². The Hall–Kier alpha value is -1.89. The van der Waals surface area contributed by atoms with Crippen LogP contribution in [-0.2, 0) is 0 Å². The van der Waals surface area contributed by atoms with Crippen molar-refractivity contribution in [3.8, 4) is 0 Å². The van der Waals surface area contributed by atoms with Crippen LogP contribution in [0.4, 0.5) is 5.69 Å². The Balaban J connectivity index is 1.88. The molecule has 0 bridgehead atoms. The van der Waals surface area contributed by atoms with Crippen LogP contribution in [-0.4, -0.2) is 39.4 Å². The molecule has 1 aliphatic carbocycles. The molecule has 0 aromatic carbocycles. The highest BCUT2D eigenvalue weighted by molar-refractivity contribution is 5.93. The van der Waals surface area contributed by atoms with E-state index in [4.69, 9.17) is 5.73 Å². The number of nitro groups is 1. The first-order valence-corrected chi connectivity index (χ1v) is 6.97. The number of nitrogens with two attached hydrogens (primary N) is 1. The van der Waals surface area contributed by atoms with Gasteiger partial charge in [-0.1, -0.05) is 0 Å². The van der Waals surface area contributed by atoms with Gasteiger partial charge in [-0.05, 0) is 25.7 Å². The number of rotatable bonds is 3. The van der Waals surface area contributed by atoms with Gasteiger partial charge in [-0.2, -0.15) is 0 Å². The molecule has 3 rings (SSSR count). The van der Waals surface area contributed by atoms with Crippen LogP contribution in [0.5, 0.6) is 0 Å². The summed E-state index contributed by atoms with van der Waals surface area (Å²) >= 11 is 0. The van der Waals surface area contributed by atoms with Crippen LogP contribution in [0, 0.1) is 10.1 Å². The lowest BCUT2D eigenvalue weighted by molar-refractivity contribution is -0.384. The summed E-state index contributed by atoms with van der Waals surface area (Å²) < 4.78 is 1.76. The summed E-state index contributed by atoms with van der Waals surface area (Å²) in [5.41, 5.74) is 6.31. The van der Waals surface area contributed by atoms with Crippen molar-refractivity contribution in [2.45, 2.75) is 37.8 Å². The molecular formula is C13H18N4O3. The second kappa shape index (κ2) is 4.90. The normalized spacial score (nSPS) is 22.9. The molecule has 7 nitrogen and oxygen atoms in total. The topological polar surface area (TPSA) is 94.4 Å². The fraction of sp³-hybridized carbons (Fsp3) is 0.615. The van der Waals surface area contributed by atoms with Crippen molar-refractivity contribution in [1.82, 2.24) is 9.47 Å². The average molecular weight is 278 g/mol. The van der Waals surface area contributed by atoms with Crippen LogP contribution in [0.15, 0.2) is 12.3 Å².